The molecule has 1 N–H and O–H groups in total. The Bertz CT molecular complexity index is 769. The Kier molecular flexibility index (Phi) is 6.58. The molecule has 2 aromatic carbocycles. The van der Waals surface area contributed by atoms with Crippen LogP contribution in [0.4, 0.5) is 0 Å². The fraction of sp³-hybridized carbons (Fsp3) is 0.368. The summed E-state index contributed by atoms with van der Waals surface area (Å²) in [5.41, 5.74) is 2.35. The number of hydrogen-bond acceptors (Lipinski definition) is 4. The summed E-state index contributed by atoms with van der Waals surface area (Å²) in [6.45, 7) is 2.41. The van der Waals surface area contributed by atoms with Gasteiger partial charge in [-0.25, -0.2) is 13.1 Å². The Morgan fingerprint density at radius 3 is 2.12 bits per heavy atom. The van der Waals surface area contributed by atoms with Crippen LogP contribution in [0.25, 0.3) is 0 Å². The molecule has 0 saturated heterocycles. The Hall–Kier alpha value is -1.89. The number of nitrogens with one attached hydrogen (secondary N) is 1. The Morgan fingerprint density at radius 2 is 1.64 bits per heavy atom. The van der Waals surface area contributed by atoms with Crippen molar-refractivity contribution in [2.75, 3.05) is 27.7 Å². The molecule has 0 radical (unpaired) electrons. The molecule has 0 fully saturated rings. The number of benzene rings is 2. The van der Waals surface area contributed by atoms with Crippen LogP contribution in [0.1, 0.15) is 24.1 Å². The quantitative estimate of drug-likeness (QED) is 0.784. The molecule has 6 heteroatoms. The highest BCUT2D eigenvalue weighted by atomic mass is 32.2. The molecular formula is C19H26N2O3S. The second-order valence-electron chi connectivity index (χ2n) is 6.10. The van der Waals surface area contributed by atoms with Crippen LogP contribution in [-0.4, -0.2) is 41.1 Å². The van der Waals surface area contributed by atoms with Gasteiger partial charge in [0.1, 0.15) is 5.75 Å². The lowest BCUT2D eigenvalue weighted by Gasteiger charge is -2.25. The van der Waals surface area contributed by atoms with Crippen LogP contribution >= 0.6 is 0 Å². The molecule has 1 atom stereocenters. The highest BCUT2D eigenvalue weighted by Gasteiger charge is 2.19. The summed E-state index contributed by atoms with van der Waals surface area (Å²) in [5, 5.41) is 0. The maximum absolute atomic E-state index is 12.5. The van der Waals surface area contributed by atoms with Gasteiger partial charge in [-0.15, -0.1) is 0 Å². The second kappa shape index (κ2) is 8.47. The first kappa shape index (κ1) is 19.4. The van der Waals surface area contributed by atoms with Crippen LogP contribution in [0, 0.1) is 0 Å². The van der Waals surface area contributed by atoms with Gasteiger partial charge in [0, 0.05) is 12.6 Å². The third-order valence-electron chi connectivity index (χ3n) is 4.23. The van der Waals surface area contributed by atoms with Crippen LogP contribution in [-0.2, 0) is 16.4 Å². The molecule has 0 amide bonds. The number of hydrogen-bond donors (Lipinski definition) is 1. The first-order valence-electron chi connectivity index (χ1n) is 8.26. The lowest BCUT2D eigenvalue weighted by molar-refractivity contribution is 0.299. The minimum atomic E-state index is -3.57. The SMILES string of the molecule is CCc1ccc([C@@H](CNS(=O)(=O)c2ccc(OC)cc2)N(C)C)cc1. The van der Waals surface area contributed by atoms with Gasteiger partial charge in [-0.2, -0.15) is 0 Å². The normalized spacial score (nSPS) is 13.0. The van der Waals surface area contributed by atoms with Gasteiger partial charge in [-0.3, -0.25) is 0 Å². The van der Waals surface area contributed by atoms with Gasteiger partial charge in [-0.05, 0) is 55.9 Å². The summed E-state index contributed by atoms with van der Waals surface area (Å²) >= 11 is 0. The monoisotopic (exact) mass is 362 g/mol. The van der Waals surface area contributed by atoms with Crippen molar-refractivity contribution in [2.45, 2.75) is 24.3 Å². The summed E-state index contributed by atoms with van der Waals surface area (Å²) in [7, 11) is 1.87. The highest BCUT2D eigenvalue weighted by Crippen LogP contribution is 2.20. The molecule has 0 aliphatic carbocycles. The minimum absolute atomic E-state index is 0.0427. The molecule has 0 saturated carbocycles. The van der Waals surface area contributed by atoms with Gasteiger partial charge in [0.2, 0.25) is 10.0 Å². The molecule has 0 aromatic heterocycles. The van der Waals surface area contributed by atoms with E-state index >= 15 is 0 Å². The predicted molar refractivity (Wildman–Crippen MR) is 100 cm³/mol. The summed E-state index contributed by atoms with van der Waals surface area (Å²) in [5.74, 6) is 0.626. The number of ether oxygens (including phenoxy) is 1. The van der Waals surface area contributed by atoms with Crippen molar-refractivity contribution in [1.82, 2.24) is 9.62 Å². The Morgan fingerprint density at radius 1 is 1.04 bits per heavy atom. The molecule has 0 aliphatic rings. The van der Waals surface area contributed by atoms with Gasteiger partial charge < -0.3 is 9.64 Å². The maximum Gasteiger partial charge on any atom is 0.240 e. The smallest absolute Gasteiger partial charge is 0.240 e. The van der Waals surface area contributed by atoms with E-state index < -0.39 is 10.0 Å². The standard InChI is InChI=1S/C19H26N2O3S/c1-5-15-6-8-16(9-7-15)19(21(2)3)14-20-25(22,23)18-12-10-17(24-4)11-13-18/h6-13,19-20H,5,14H2,1-4H3/t19-/m1/s1. The van der Waals surface area contributed by atoms with E-state index in [0.29, 0.717) is 12.3 Å². The van der Waals surface area contributed by atoms with E-state index in [2.05, 4.69) is 35.9 Å². The highest BCUT2D eigenvalue weighted by molar-refractivity contribution is 7.89. The molecule has 5 nitrogen and oxygen atoms in total. The van der Waals surface area contributed by atoms with Crippen LogP contribution in [0.5, 0.6) is 5.75 Å². The average Bonchev–Trinajstić information content (AvgIpc) is 2.62. The van der Waals surface area contributed by atoms with Crippen molar-refractivity contribution in [3.8, 4) is 5.75 Å². The van der Waals surface area contributed by atoms with E-state index in [4.69, 9.17) is 4.74 Å². The molecular weight excluding hydrogens is 336 g/mol. The van der Waals surface area contributed by atoms with E-state index in [0.717, 1.165) is 12.0 Å². The lowest BCUT2D eigenvalue weighted by atomic mass is 10.0. The number of nitrogens with zero attached hydrogens (tertiary/aromatic N) is 1. The molecule has 0 spiro atoms. The topological polar surface area (TPSA) is 58.6 Å². The van der Waals surface area contributed by atoms with Crippen molar-refractivity contribution >= 4 is 10.0 Å². The van der Waals surface area contributed by atoms with Crippen LogP contribution in [0.3, 0.4) is 0 Å². The van der Waals surface area contributed by atoms with Gasteiger partial charge in [0.25, 0.3) is 0 Å². The number of rotatable bonds is 8. The van der Waals surface area contributed by atoms with Crippen molar-refractivity contribution in [3.05, 3.63) is 59.7 Å². The molecule has 136 valence electrons. The zero-order chi connectivity index (χ0) is 18.4. The molecule has 2 rings (SSSR count). The fourth-order valence-corrected chi connectivity index (χ4v) is 3.64. The molecule has 2 aromatic rings. The minimum Gasteiger partial charge on any atom is -0.497 e. The number of likely N-dealkylation sites (N-methyl/N-ethyl adjacent to an activating group) is 1. The van der Waals surface area contributed by atoms with Crippen molar-refractivity contribution < 1.29 is 13.2 Å². The number of methoxy groups -OCH3 is 1. The van der Waals surface area contributed by atoms with Gasteiger partial charge in [-0.1, -0.05) is 31.2 Å². The zero-order valence-electron chi connectivity index (χ0n) is 15.2. The number of aryl methyl sites for hydroxylation is 1. The van der Waals surface area contributed by atoms with E-state index in [1.165, 1.54) is 5.56 Å². The summed E-state index contributed by atoms with van der Waals surface area (Å²) < 4.78 is 32.8. The third-order valence-corrected chi connectivity index (χ3v) is 5.67. The van der Waals surface area contributed by atoms with Gasteiger partial charge in [0.05, 0.1) is 12.0 Å². The molecule has 0 bridgehead atoms. The van der Waals surface area contributed by atoms with Gasteiger partial charge >= 0.3 is 0 Å². The van der Waals surface area contributed by atoms with Crippen LogP contribution in [0.15, 0.2) is 53.4 Å². The first-order valence-corrected chi connectivity index (χ1v) is 9.74. The lowest BCUT2D eigenvalue weighted by Crippen LogP contribution is -2.34. The summed E-state index contributed by atoms with van der Waals surface area (Å²) in [6, 6.07) is 14.6. The van der Waals surface area contributed by atoms with Crippen molar-refractivity contribution in [1.29, 1.82) is 0 Å². The largest absolute Gasteiger partial charge is 0.497 e. The molecule has 25 heavy (non-hydrogen) atoms. The maximum atomic E-state index is 12.5. The summed E-state index contributed by atoms with van der Waals surface area (Å²) in [4.78, 5) is 2.24. The molecule has 0 heterocycles. The third kappa shape index (κ3) is 5.04. The van der Waals surface area contributed by atoms with E-state index in [9.17, 15) is 8.42 Å². The van der Waals surface area contributed by atoms with Crippen LogP contribution in [0.2, 0.25) is 0 Å². The van der Waals surface area contributed by atoms with Crippen LogP contribution < -0.4 is 9.46 Å². The molecule has 0 unspecified atom stereocenters. The second-order valence-corrected chi connectivity index (χ2v) is 7.87. The predicted octanol–water partition coefficient (Wildman–Crippen LogP) is 2.84. The fourth-order valence-electron chi connectivity index (χ4n) is 2.60. The van der Waals surface area contributed by atoms with E-state index in [1.807, 2.05) is 19.0 Å². The first-order chi connectivity index (χ1) is 11.9. The zero-order valence-corrected chi connectivity index (χ0v) is 16.0. The van der Waals surface area contributed by atoms with E-state index in [-0.39, 0.29) is 10.9 Å². The van der Waals surface area contributed by atoms with Gasteiger partial charge in [0.15, 0.2) is 0 Å². The van der Waals surface area contributed by atoms with Crippen molar-refractivity contribution in [2.24, 2.45) is 0 Å². The van der Waals surface area contributed by atoms with E-state index in [1.54, 1.807) is 31.4 Å². The van der Waals surface area contributed by atoms with Crippen molar-refractivity contribution in [3.63, 3.8) is 0 Å². The molecule has 0 aliphatic heterocycles. The summed E-state index contributed by atoms with van der Waals surface area (Å²) in [6.07, 6.45) is 0.983. The Labute approximate surface area is 150 Å². The Balaban J connectivity index is 2.13. The number of sulfonamides is 1. The average molecular weight is 362 g/mol.